The van der Waals surface area contributed by atoms with Gasteiger partial charge in [-0.3, -0.25) is 19.4 Å². The first kappa shape index (κ1) is 26.5. The van der Waals surface area contributed by atoms with E-state index < -0.39 is 34.6 Å². The molecule has 3 atom stereocenters. The molecule has 2 aliphatic heterocycles. The Morgan fingerprint density at radius 2 is 1.78 bits per heavy atom. The number of rotatable bonds is 4. The number of aromatic hydroxyl groups is 1. The van der Waals surface area contributed by atoms with Gasteiger partial charge in [-0.2, -0.15) is 4.98 Å². The van der Waals surface area contributed by atoms with Gasteiger partial charge in [-0.05, 0) is 24.1 Å². The fourth-order valence-electron chi connectivity index (χ4n) is 5.98. The lowest BCUT2D eigenvalue weighted by atomic mass is 9.66. The minimum Gasteiger partial charge on any atom is -0.504 e. The van der Waals surface area contributed by atoms with Crippen LogP contribution in [0.2, 0.25) is 5.02 Å². The number of nitrogen functional groups attached to an aromatic ring is 1. The smallest absolute Gasteiger partial charge is 0.258 e. The normalized spacial score (nSPS) is 22.5. The van der Waals surface area contributed by atoms with E-state index in [2.05, 4.69) is 15.3 Å². The van der Waals surface area contributed by atoms with Crippen LogP contribution in [-0.2, 0) is 4.79 Å². The Kier molecular flexibility index (Phi) is 5.93. The lowest BCUT2D eigenvalue weighted by Crippen LogP contribution is -2.58. The van der Waals surface area contributed by atoms with Crippen molar-refractivity contribution in [2.24, 2.45) is 5.92 Å². The number of fused-ring (bicyclic) bond motifs is 2. The Morgan fingerprint density at radius 1 is 1.07 bits per heavy atom. The second-order valence-electron chi connectivity index (χ2n) is 10.00. The standard InChI is InChI=1S/C28H25ClN4O8/c1-10-7-12-18(23(35)28(10)24(36)19-15(39-3)9-16(40-4)21(29)22(19)41-28)17(11-5-6-13(34)14(8-11)38-2)20-25(31-12)32-27(30)33-26(20)37/h5-6,8-10,17,34H,7H2,1-4H3,(H4,30,31,32,33,37)/t10-,17?,28+/m1/s1. The van der Waals surface area contributed by atoms with Gasteiger partial charge in [0.2, 0.25) is 23.1 Å². The highest BCUT2D eigenvalue weighted by Crippen LogP contribution is 2.56. The molecule has 0 amide bonds. The number of aromatic nitrogens is 2. The van der Waals surface area contributed by atoms with Crippen molar-refractivity contribution in [1.29, 1.82) is 0 Å². The summed E-state index contributed by atoms with van der Waals surface area (Å²) in [5, 5.41) is 13.4. The molecule has 0 radical (unpaired) electrons. The molecule has 0 bridgehead atoms. The van der Waals surface area contributed by atoms with Gasteiger partial charge in [0.05, 0.1) is 26.9 Å². The number of phenols is 1. The molecule has 0 saturated carbocycles. The van der Waals surface area contributed by atoms with Crippen molar-refractivity contribution < 1.29 is 33.6 Å². The number of ether oxygens (including phenoxy) is 4. The number of nitrogens with two attached hydrogens (primary N) is 1. The van der Waals surface area contributed by atoms with Gasteiger partial charge in [0.25, 0.3) is 5.56 Å². The molecule has 41 heavy (non-hydrogen) atoms. The number of carbonyl (C=O) groups is 2. The molecule has 6 rings (SSSR count). The molecule has 5 N–H and O–H groups in total. The Balaban J connectivity index is 1.59. The van der Waals surface area contributed by atoms with Gasteiger partial charge >= 0.3 is 0 Å². The van der Waals surface area contributed by atoms with E-state index in [0.717, 1.165) is 0 Å². The first-order valence-corrected chi connectivity index (χ1v) is 12.9. The van der Waals surface area contributed by atoms with E-state index in [-0.39, 0.29) is 68.7 Å². The highest BCUT2D eigenvalue weighted by Gasteiger charge is 2.63. The SMILES string of the molecule is COc1cc(C2C3=C(C[C@@H](C)[C@]4(Oc5c(Cl)c(OC)cc(OC)c5C4=O)C3=O)Nc3nc(N)[nH]c(=O)c32)ccc1O. The van der Waals surface area contributed by atoms with Crippen molar-refractivity contribution in [1.82, 2.24) is 9.97 Å². The van der Waals surface area contributed by atoms with Crippen molar-refractivity contribution in [2.45, 2.75) is 24.9 Å². The molecular weight excluding hydrogens is 556 g/mol. The lowest BCUT2D eigenvalue weighted by Gasteiger charge is -2.42. The van der Waals surface area contributed by atoms with Crippen molar-refractivity contribution in [3.05, 3.63) is 67.6 Å². The first-order chi connectivity index (χ1) is 19.6. The maximum Gasteiger partial charge on any atom is 0.258 e. The molecule has 3 aliphatic rings. The number of hydrogen-bond acceptors (Lipinski definition) is 11. The zero-order valence-corrected chi connectivity index (χ0v) is 23.1. The molecule has 3 aromatic rings. The molecule has 13 heteroatoms. The maximum absolute atomic E-state index is 14.7. The quantitative estimate of drug-likeness (QED) is 0.333. The van der Waals surface area contributed by atoms with Crippen LogP contribution < -0.4 is 35.6 Å². The van der Waals surface area contributed by atoms with Gasteiger partial charge < -0.3 is 35.1 Å². The third kappa shape index (κ3) is 3.53. The van der Waals surface area contributed by atoms with Crippen molar-refractivity contribution in [3.63, 3.8) is 0 Å². The highest BCUT2D eigenvalue weighted by molar-refractivity contribution is 6.36. The van der Waals surface area contributed by atoms with Crippen LogP contribution in [0.15, 0.2) is 40.3 Å². The predicted octanol–water partition coefficient (Wildman–Crippen LogP) is 3.17. The van der Waals surface area contributed by atoms with Gasteiger partial charge in [-0.15, -0.1) is 0 Å². The third-order valence-electron chi connectivity index (χ3n) is 7.89. The van der Waals surface area contributed by atoms with Gasteiger partial charge in [-0.1, -0.05) is 24.6 Å². The average Bonchev–Trinajstić information content (AvgIpc) is 3.26. The van der Waals surface area contributed by atoms with E-state index in [1.54, 1.807) is 13.0 Å². The maximum atomic E-state index is 14.7. The summed E-state index contributed by atoms with van der Waals surface area (Å²) in [5.74, 6) is -2.58. The average molecular weight is 581 g/mol. The van der Waals surface area contributed by atoms with Gasteiger partial charge in [0, 0.05) is 29.2 Å². The summed E-state index contributed by atoms with van der Waals surface area (Å²) in [4.78, 5) is 49.0. The highest BCUT2D eigenvalue weighted by atomic mass is 35.5. The van der Waals surface area contributed by atoms with Crippen LogP contribution in [0.1, 0.15) is 40.7 Å². The lowest BCUT2D eigenvalue weighted by molar-refractivity contribution is -0.130. The number of aromatic amines is 1. The molecule has 1 aromatic heterocycles. The molecular formula is C28H25ClN4O8. The summed E-state index contributed by atoms with van der Waals surface area (Å²) in [5.41, 5.74) is 4.40. The van der Waals surface area contributed by atoms with E-state index in [0.29, 0.717) is 11.3 Å². The number of ketones is 2. The minimum absolute atomic E-state index is 0.0172. The summed E-state index contributed by atoms with van der Waals surface area (Å²) in [6, 6.07) is 5.94. The number of allylic oxidation sites excluding steroid dienone is 1. The van der Waals surface area contributed by atoms with Crippen molar-refractivity contribution in [2.75, 3.05) is 32.4 Å². The van der Waals surface area contributed by atoms with E-state index in [4.69, 9.17) is 36.3 Å². The fourth-order valence-corrected chi connectivity index (χ4v) is 6.24. The van der Waals surface area contributed by atoms with Crippen molar-refractivity contribution in [3.8, 4) is 28.7 Å². The summed E-state index contributed by atoms with van der Waals surface area (Å²) >= 11 is 6.56. The molecule has 1 aliphatic carbocycles. The summed E-state index contributed by atoms with van der Waals surface area (Å²) in [7, 11) is 4.17. The number of benzene rings is 2. The third-order valence-corrected chi connectivity index (χ3v) is 8.25. The Bertz CT molecular complexity index is 1770. The van der Waals surface area contributed by atoms with E-state index in [1.165, 1.54) is 39.5 Å². The van der Waals surface area contributed by atoms with Crippen LogP contribution in [0.4, 0.5) is 11.8 Å². The molecule has 1 unspecified atom stereocenters. The number of nitrogens with zero attached hydrogens (tertiary/aromatic N) is 1. The minimum atomic E-state index is -2.00. The van der Waals surface area contributed by atoms with E-state index in [9.17, 15) is 19.5 Å². The van der Waals surface area contributed by atoms with Crippen LogP contribution in [0.5, 0.6) is 28.7 Å². The van der Waals surface area contributed by atoms with Crippen molar-refractivity contribution >= 4 is 34.9 Å². The van der Waals surface area contributed by atoms with Gasteiger partial charge in [-0.25, -0.2) is 0 Å². The summed E-state index contributed by atoms with van der Waals surface area (Å²) < 4.78 is 22.4. The molecule has 3 heterocycles. The van der Waals surface area contributed by atoms with Crippen LogP contribution in [0.3, 0.4) is 0 Å². The van der Waals surface area contributed by atoms with Crippen LogP contribution in [0.25, 0.3) is 0 Å². The Hall–Kier alpha value is -4.71. The molecule has 2 aromatic carbocycles. The Labute approximate surface area is 238 Å². The number of phenolic OH excluding ortho intramolecular Hbond substituents is 1. The van der Waals surface area contributed by atoms with Gasteiger partial charge in [0.1, 0.15) is 27.9 Å². The second-order valence-corrected chi connectivity index (χ2v) is 10.4. The monoisotopic (exact) mass is 580 g/mol. The number of halogens is 1. The number of hydrogen-bond donors (Lipinski definition) is 4. The first-order valence-electron chi connectivity index (χ1n) is 12.6. The number of nitrogens with one attached hydrogen (secondary N) is 2. The summed E-state index contributed by atoms with van der Waals surface area (Å²) in [6.45, 7) is 1.72. The van der Waals surface area contributed by atoms with Crippen LogP contribution >= 0.6 is 11.6 Å². The largest absolute Gasteiger partial charge is 0.504 e. The van der Waals surface area contributed by atoms with E-state index >= 15 is 0 Å². The zero-order valence-electron chi connectivity index (χ0n) is 22.4. The number of carbonyl (C=O) groups excluding carboxylic acids is 2. The fraction of sp³-hybridized carbons (Fsp3) is 0.286. The van der Waals surface area contributed by atoms with E-state index in [1.807, 2.05) is 0 Å². The summed E-state index contributed by atoms with van der Waals surface area (Å²) in [6.07, 6.45) is 0.178. The topological polar surface area (TPSA) is 175 Å². The second kappa shape index (κ2) is 9.16. The molecule has 0 saturated heterocycles. The molecule has 1 spiro atoms. The number of anilines is 2. The molecule has 0 fully saturated rings. The zero-order chi connectivity index (χ0) is 29.4. The van der Waals surface area contributed by atoms with Crippen LogP contribution in [0, 0.1) is 5.92 Å². The predicted molar refractivity (Wildman–Crippen MR) is 147 cm³/mol. The Morgan fingerprint density at radius 3 is 2.46 bits per heavy atom. The number of methoxy groups -OCH3 is 3. The molecule has 212 valence electrons. The van der Waals surface area contributed by atoms with Crippen LogP contribution in [-0.4, -0.2) is 53.6 Å². The number of H-pyrrole nitrogens is 1. The number of Topliss-reactive ketones (excluding diaryl/α,β-unsaturated/α-hetero) is 2. The van der Waals surface area contributed by atoms with Gasteiger partial charge in [0.15, 0.2) is 17.2 Å². The molecule has 12 nitrogen and oxygen atoms in total.